The molecule has 2 aromatic carbocycles. The van der Waals surface area contributed by atoms with E-state index in [0.717, 1.165) is 36.3 Å². The molecule has 1 fully saturated rings. The molecule has 10 heteroatoms. The maximum absolute atomic E-state index is 13.8. The van der Waals surface area contributed by atoms with Crippen LogP contribution in [-0.4, -0.2) is 66.8 Å². The Bertz CT molecular complexity index is 1760. The average molecular weight is 647 g/mol. The number of unbranched alkanes of at least 4 members (excludes halogenated alkanes) is 4. The molecule has 1 N–H and O–H groups in total. The van der Waals surface area contributed by atoms with Crippen molar-refractivity contribution in [1.29, 1.82) is 0 Å². The third kappa shape index (κ3) is 8.16. The summed E-state index contributed by atoms with van der Waals surface area (Å²) in [6.07, 6.45) is 10.1. The molecule has 4 aromatic rings. The van der Waals surface area contributed by atoms with E-state index in [-0.39, 0.29) is 16.6 Å². The van der Waals surface area contributed by atoms with Crippen molar-refractivity contribution < 1.29 is 22.8 Å². The summed E-state index contributed by atoms with van der Waals surface area (Å²) < 4.78 is 36.7. The van der Waals surface area contributed by atoms with Gasteiger partial charge in [0, 0.05) is 50.6 Å². The van der Waals surface area contributed by atoms with Crippen molar-refractivity contribution in [1.82, 2.24) is 9.55 Å². The molecule has 8 nitrogen and oxygen atoms in total. The van der Waals surface area contributed by atoms with Crippen molar-refractivity contribution in [2.75, 3.05) is 57.1 Å². The van der Waals surface area contributed by atoms with Crippen molar-refractivity contribution >= 4 is 28.4 Å². The number of hydrogen-bond acceptors (Lipinski definition) is 5. The van der Waals surface area contributed by atoms with Crippen LogP contribution in [0.3, 0.4) is 0 Å². The molecule has 1 aliphatic heterocycles. The van der Waals surface area contributed by atoms with Gasteiger partial charge in [0.15, 0.2) is 5.65 Å². The van der Waals surface area contributed by atoms with Crippen LogP contribution in [-0.2, 0) is 0 Å². The summed E-state index contributed by atoms with van der Waals surface area (Å²) in [6, 6.07) is 11.7. The number of amides is 1. The number of nitrogens with one attached hydrogen (secondary N) is 1. The number of carbonyl (C=O) groups excluding carboxylic acids is 1. The van der Waals surface area contributed by atoms with Gasteiger partial charge in [-0.2, -0.15) is 0 Å². The molecule has 5 rings (SSSR count). The quantitative estimate of drug-likeness (QED) is 0.115. The Kier molecular flexibility index (Phi) is 10.9. The van der Waals surface area contributed by atoms with Crippen LogP contribution >= 0.6 is 0 Å². The molecule has 0 unspecified atom stereocenters. The fourth-order valence-electron chi connectivity index (χ4n) is 6.54. The molecule has 1 aliphatic rings. The Balaban J connectivity index is 1.29. The SMILES string of the molecule is CC[N+]1(CCCCCCCOc2ccc(-n3cc(C(=O)Nc4cc(F)cc(F)c4)c(=O)c4ccc(N(C)C)nc43)cc2C)CCCC1. The van der Waals surface area contributed by atoms with Crippen LogP contribution in [0.4, 0.5) is 20.3 Å². The number of hydrogen-bond donors (Lipinski definition) is 1. The second-order valence-electron chi connectivity index (χ2n) is 12.9. The monoisotopic (exact) mass is 646 g/mol. The Morgan fingerprint density at radius 2 is 1.68 bits per heavy atom. The zero-order chi connectivity index (χ0) is 33.6. The summed E-state index contributed by atoms with van der Waals surface area (Å²) in [6.45, 7) is 10.2. The molecule has 0 bridgehead atoms. The van der Waals surface area contributed by atoms with Crippen molar-refractivity contribution in [3.63, 3.8) is 0 Å². The van der Waals surface area contributed by atoms with Gasteiger partial charge in [-0.05, 0) is 81.1 Å². The Labute approximate surface area is 275 Å². The van der Waals surface area contributed by atoms with Crippen molar-refractivity contribution in [2.45, 2.75) is 58.8 Å². The van der Waals surface area contributed by atoms with Gasteiger partial charge in [0.1, 0.15) is 28.8 Å². The van der Waals surface area contributed by atoms with E-state index in [1.807, 2.05) is 44.1 Å². The third-order valence-electron chi connectivity index (χ3n) is 9.32. The van der Waals surface area contributed by atoms with E-state index < -0.39 is 23.0 Å². The number of ether oxygens (including phenoxy) is 1. The summed E-state index contributed by atoms with van der Waals surface area (Å²) in [4.78, 5) is 33.3. The standard InChI is InChI=1S/C37H45F2N5O3/c1-5-44(18-10-11-19-44)17-9-7-6-8-12-20-47-33-15-13-30(21-26(33)2)43-25-32(37(46)40-29-23-27(38)22-28(39)24-29)35(45)31-14-16-34(42(3)4)41-36(31)43/h13-16,21-25H,5-12,17-20H2,1-4H3/p+1. The maximum atomic E-state index is 13.8. The second kappa shape index (κ2) is 15.1. The molecule has 0 atom stereocenters. The van der Waals surface area contributed by atoms with Crippen LogP contribution in [0.15, 0.2) is 59.5 Å². The summed E-state index contributed by atoms with van der Waals surface area (Å²) >= 11 is 0. The number of aromatic nitrogens is 2. The number of nitrogens with zero attached hydrogens (tertiary/aromatic N) is 4. The van der Waals surface area contributed by atoms with E-state index in [0.29, 0.717) is 29.8 Å². The van der Waals surface area contributed by atoms with E-state index in [1.165, 1.54) is 69.0 Å². The first-order valence-electron chi connectivity index (χ1n) is 16.7. The zero-order valence-corrected chi connectivity index (χ0v) is 28.0. The number of carbonyl (C=O) groups is 1. The molecular weight excluding hydrogens is 600 g/mol. The highest BCUT2D eigenvalue weighted by Gasteiger charge is 2.29. The molecule has 0 saturated carbocycles. The molecular formula is C37H46F2N5O3+. The fourth-order valence-corrected chi connectivity index (χ4v) is 6.54. The molecule has 0 spiro atoms. The van der Waals surface area contributed by atoms with Crippen molar-refractivity contribution in [3.8, 4) is 11.4 Å². The molecule has 250 valence electrons. The second-order valence-corrected chi connectivity index (χ2v) is 12.9. The smallest absolute Gasteiger partial charge is 0.261 e. The first kappa shape index (κ1) is 34.0. The first-order chi connectivity index (χ1) is 22.6. The van der Waals surface area contributed by atoms with Gasteiger partial charge in [-0.1, -0.05) is 12.8 Å². The van der Waals surface area contributed by atoms with Gasteiger partial charge in [-0.15, -0.1) is 0 Å². The first-order valence-corrected chi connectivity index (χ1v) is 16.7. The largest absolute Gasteiger partial charge is 0.493 e. The van der Waals surface area contributed by atoms with Gasteiger partial charge >= 0.3 is 0 Å². The zero-order valence-electron chi connectivity index (χ0n) is 28.0. The van der Waals surface area contributed by atoms with E-state index >= 15 is 0 Å². The molecule has 1 amide bonds. The van der Waals surface area contributed by atoms with E-state index in [4.69, 9.17) is 9.72 Å². The molecule has 0 radical (unpaired) electrons. The molecule has 3 heterocycles. The van der Waals surface area contributed by atoms with Crippen molar-refractivity contribution in [2.24, 2.45) is 0 Å². The summed E-state index contributed by atoms with van der Waals surface area (Å²) in [5.74, 6) is -1.05. The minimum Gasteiger partial charge on any atom is -0.493 e. The van der Waals surface area contributed by atoms with Crippen molar-refractivity contribution in [3.05, 3.63) is 87.7 Å². The number of benzene rings is 2. The van der Waals surface area contributed by atoms with Crippen LogP contribution in [0, 0.1) is 18.6 Å². The molecule has 47 heavy (non-hydrogen) atoms. The molecule has 1 saturated heterocycles. The van der Waals surface area contributed by atoms with Crippen LogP contribution in [0.1, 0.15) is 67.8 Å². The van der Waals surface area contributed by atoms with Crippen LogP contribution in [0.2, 0.25) is 0 Å². The van der Waals surface area contributed by atoms with E-state index in [1.54, 1.807) is 16.7 Å². The topological polar surface area (TPSA) is 76.5 Å². The lowest BCUT2D eigenvalue weighted by molar-refractivity contribution is -0.915. The number of halogens is 2. The van der Waals surface area contributed by atoms with E-state index in [2.05, 4.69) is 12.2 Å². The minimum absolute atomic E-state index is 0.0924. The van der Waals surface area contributed by atoms with Gasteiger partial charge in [-0.3, -0.25) is 9.59 Å². The predicted octanol–water partition coefficient (Wildman–Crippen LogP) is 7.25. The maximum Gasteiger partial charge on any atom is 0.261 e. The van der Waals surface area contributed by atoms with Gasteiger partial charge in [0.25, 0.3) is 5.91 Å². The molecule has 2 aromatic heterocycles. The van der Waals surface area contributed by atoms with Crippen LogP contribution in [0.25, 0.3) is 16.7 Å². The third-order valence-corrected chi connectivity index (χ3v) is 9.32. The highest BCUT2D eigenvalue weighted by Crippen LogP contribution is 2.26. The Morgan fingerprint density at radius 1 is 0.979 bits per heavy atom. The van der Waals surface area contributed by atoms with Crippen LogP contribution in [0.5, 0.6) is 5.75 Å². The number of quaternary nitrogens is 1. The Morgan fingerprint density at radius 3 is 2.36 bits per heavy atom. The highest BCUT2D eigenvalue weighted by molar-refractivity contribution is 6.05. The summed E-state index contributed by atoms with van der Waals surface area (Å²) in [5, 5.41) is 2.69. The predicted molar refractivity (Wildman–Crippen MR) is 184 cm³/mol. The lowest BCUT2D eigenvalue weighted by atomic mass is 10.1. The van der Waals surface area contributed by atoms with Gasteiger partial charge < -0.3 is 24.0 Å². The van der Waals surface area contributed by atoms with Gasteiger partial charge in [0.2, 0.25) is 5.43 Å². The van der Waals surface area contributed by atoms with E-state index in [9.17, 15) is 18.4 Å². The summed E-state index contributed by atoms with van der Waals surface area (Å²) in [5.41, 5.74) is 1.14. The summed E-state index contributed by atoms with van der Waals surface area (Å²) in [7, 11) is 3.70. The normalized spacial score (nSPS) is 14.0. The average Bonchev–Trinajstić information content (AvgIpc) is 3.51. The number of rotatable bonds is 14. The lowest BCUT2D eigenvalue weighted by Crippen LogP contribution is -2.45. The minimum atomic E-state index is -0.840. The van der Waals surface area contributed by atoms with Gasteiger partial charge in [0.05, 0.1) is 38.2 Å². The highest BCUT2D eigenvalue weighted by atomic mass is 19.1. The number of fused-ring (bicyclic) bond motifs is 1. The van der Waals surface area contributed by atoms with Gasteiger partial charge in [-0.25, -0.2) is 13.8 Å². The fraction of sp³-hybridized carbons (Fsp3) is 0.432. The Hall–Kier alpha value is -4.31. The number of anilines is 2. The number of aryl methyl sites for hydroxylation is 1. The number of likely N-dealkylation sites (tertiary alicyclic amines) is 1. The lowest BCUT2D eigenvalue weighted by Gasteiger charge is -2.33. The van der Waals surface area contributed by atoms with Crippen LogP contribution < -0.4 is 20.4 Å². The number of pyridine rings is 2. The molecule has 0 aliphatic carbocycles.